The highest BCUT2D eigenvalue weighted by molar-refractivity contribution is 5.98. The van der Waals surface area contributed by atoms with Crippen molar-refractivity contribution in [2.24, 2.45) is 11.8 Å². The molecule has 0 aromatic heterocycles. The standard InChI is InChI=1S/C10H12O4/c1-9-3-4-10(2,14-9)6-5(9)7(11)13-8(6)12/h5-6H,3-4H2,1-2H3/t5-,6-,9+,10+/m1/s1. The third-order valence-electron chi connectivity index (χ3n) is 3.94. The maximum Gasteiger partial charge on any atom is 0.320 e. The van der Waals surface area contributed by atoms with E-state index in [-0.39, 0.29) is 11.8 Å². The zero-order valence-corrected chi connectivity index (χ0v) is 8.20. The fourth-order valence-electron chi connectivity index (χ4n) is 3.27. The fraction of sp³-hybridized carbons (Fsp3) is 0.800. The van der Waals surface area contributed by atoms with E-state index in [1.807, 2.05) is 13.8 Å². The molecule has 0 aromatic carbocycles. The summed E-state index contributed by atoms with van der Waals surface area (Å²) in [7, 11) is 0. The molecule has 3 aliphatic heterocycles. The van der Waals surface area contributed by atoms with Crippen LogP contribution in [0.1, 0.15) is 26.7 Å². The summed E-state index contributed by atoms with van der Waals surface area (Å²) in [5.41, 5.74) is -0.939. The number of carbonyl (C=O) groups excluding carboxylic acids is 2. The fourth-order valence-corrected chi connectivity index (χ4v) is 3.27. The minimum Gasteiger partial charge on any atom is -0.393 e. The Kier molecular flexibility index (Phi) is 1.22. The quantitative estimate of drug-likeness (QED) is 0.421. The van der Waals surface area contributed by atoms with Crippen molar-refractivity contribution in [2.45, 2.75) is 37.9 Å². The second kappa shape index (κ2) is 2.03. The molecular formula is C10H12O4. The van der Waals surface area contributed by atoms with Gasteiger partial charge < -0.3 is 9.47 Å². The highest BCUT2D eigenvalue weighted by atomic mass is 16.6. The molecule has 0 N–H and O–H groups in total. The van der Waals surface area contributed by atoms with Gasteiger partial charge in [0.2, 0.25) is 0 Å². The number of carbonyl (C=O) groups is 2. The van der Waals surface area contributed by atoms with Crippen LogP contribution in [0.5, 0.6) is 0 Å². The van der Waals surface area contributed by atoms with Crippen molar-refractivity contribution in [3.63, 3.8) is 0 Å². The Bertz CT molecular complexity index is 318. The molecule has 3 heterocycles. The van der Waals surface area contributed by atoms with Crippen molar-refractivity contribution < 1.29 is 19.1 Å². The van der Waals surface area contributed by atoms with Gasteiger partial charge in [-0.3, -0.25) is 9.59 Å². The molecule has 0 spiro atoms. The maximum atomic E-state index is 11.5. The molecule has 4 nitrogen and oxygen atoms in total. The van der Waals surface area contributed by atoms with Gasteiger partial charge in [-0.2, -0.15) is 0 Å². The first kappa shape index (κ1) is 8.41. The molecule has 4 atom stereocenters. The van der Waals surface area contributed by atoms with E-state index in [0.717, 1.165) is 12.8 Å². The highest BCUT2D eigenvalue weighted by Gasteiger charge is 2.71. The first-order valence-electron chi connectivity index (χ1n) is 4.92. The maximum absolute atomic E-state index is 11.5. The van der Waals surface area contributed by atoms with Crippen molar-refractivity contribution in [1.82, 2.24) is 0 Å². The van der Waals surface area contributed by atoms with Gasteiger partial charge in [0.25, 0.3) is 0 Å². The number of rotatable bonds is 0. The predicted molar refractivity (Wildman–Crippen MR) is 45.2 cm³/mol. The number of cyclic esters (lactones) is 2. The Morgan fingerprint density at radius 2 is 1.50 bits per heavy atom. The summed E-state index contributed by atoms with van der Waals surface area (Å²) >= 11 is 0. The number of esters is 2. The Labute approximate surface area is 81.6 Å². The van der Waals surface area contributed by atoms with Crippen LogP contribution in [0.15, 0.2) is 0 Å². The summed E-state index contributed by atoms with van der Waals surface area (Å²) in [6.45, 7) is 3.81. The average molecular weight is 196 g/mol. The summed E-state index contributed by atoms with van der Waals surface area (Å²) in [6, 6.07) is 0. The van der Waals surface area contributed by atoms with Crippen LogP contribution in [0, 0.1) is 11.8 Å². The molecular weight excluding hydrogens is 184 g/mol. The minimum absolute atomic E-state index is 0.367. The molecule has 3 aliphatic rings. The van der Waals surface area contributed by atoms with E-state index in [1.54, 1.807) is 0 Å². The third kappa shape index (κ3) is 0.704. The van der Waals surface area contributed by atoms with Crippen LogP contribution in [0.2, 0.25) is 0 Å². The Morgan fingerprint density at radius 3 is 1.93 bits per heavy atom. The molecule has 4 heteroatoms. The van der Waals surface area contributed by atoms with Crippen LogP contribution in [0.4, 0.5) is 0 Å². The number of hydrogen-bond donors (Lipinski definition) is 0. The molecule has 14 heavy (non-hydrogen) atoms. The lowest BCUT2D eigenvalue weighted by Crippen LogP contribution is -2.40. The lowest BCUT2D eigenvalue weighted by atomic mass is 9.69. The van der Waals surface area contributed by atoms with E-state index in [9.17, 15) is 9.59 Å². The van der Waals surface area contributed by atoms with Gasteiger partial charge in [-0.05, 0) is 26.7 Å². The minimum atomic E-state index is -0.470. The van der Waals surface area contributed by atoms with Crippen LogP contribution in [-0.4, -0.2) is 23.1 Å². The molecule has 3 saturated heterocycles. The molecule has 0 aliphatic carbocycles. The SMILES string of the molecule is C[C@@]12CC[C@](C)(O1)[C@H]1C(=O)OC(=O)[C@@H]12. The van der Waals surface area contributed by atoms with Gasteiger partial charge in [0.15, 0.2) is 0 Å². The highest BCUT2D eigenvalue weighted by Crippen LogP contribution is 2.59. The Hall–Kier alpha value is -0.900. The molecule has 0 radical (unpaired) electrons. The molecule has 0 amide bonds. The van der Waals surface area contributed by atoms with Gasteiger partial charge in [0.05, 0.1) is 11.2 Å². The van der Waals surface area contributed by atoms with E-state index in [4.69, 9.17) is 4.74 Å². The van der Waals surface area contributed by atoms with Crippen LogP contribution < -0.4 is 0 Å². The lowest BCUT2D eigenvalue weighted by molar-refractivity contribution is -0.161. The second-order valence-corrected chi connectivity index (χ2v) is 4.92. The van der Waals surface area contributed by atoms with Crippen molar-refractivity contribution in [3.8, 4) is 0 Å². The van der Waals surface area contributed by atoms with Crippen molar-refractivity contribution >= 4 is 11.9 Å². The smallest absolute Gasteiger partial charge is 0.320 e. The van der Waals surface area contributed by atoms with Gasteiger partial charge in [-0.15, -0.1) is 0 Å². The molecule has 0 saturated carbocycles. The molecule has 3 rings (SSSR count). The summed E-state index contributed by atoms with van der Waals surface area (Å²) in [6.07, 6.45) is 1.68. The number of ether oxygens (including phenoxy) is 2. The van der Waals surface area contributed by atoms with E-state index < -0.39 is 23.1 Å². The normalized spacial score (nSPS) is 55.0. The van der Waals surface area contributed by atoms with Crippen molar-refractivity contribution in [1.29, 1.82) is 0 Å². The Morgan fingerprint density at radius 1 is 1.07 bits per heavy atom. The van der Waals surface area contributed by atoms with Crippen LogP contribution in [0.25, 0.3) is 0 Å². The first-order chi connectivity index (χ1) is 6.46. The van der Waals surface area contributed by atoms with Crippen LogP contribution in [0.3, 0.4) is 0 Å². The third-order valence-corrected chi connectivity index (χ3v) is 3.94. The summed E-state index contributed by atoms with van der Waals surface area (Å²) in [5, 5.41) is 0. The predicted octanol–water partition coefficient (Wildman–Crippen LogP) is 0.644. The van der Waals surface area contributed by atoms with E-state index in [2.05, 4.69) is 4.74 Å². The van der Waals surface area contributed by atoms with Crippen LogP contribution in [-0.2, 0) is 19.1 Å². The lowest BCUT2D eigenvalue weighted by Gasteiger charge is -2.25. The summed E-state index contributed by atoms with van der Waals surface area (Å²) in [4.78, 5) is 23.0. The largest absolute Gasteiger partial charge is 0.393 e. The summed E-state index contributed by atoms with van der Waals surface area (Å²) in [5.74, 6) is -1.53. The zero-order chi connectivity index (χ0) is 10.1. The zero-order valence-electron chi connectivity index (χ0n) is 8.20. The van der Waals surface area contributed by atoms with E-state index >= 15 is 0 Å². The van der Waals surface area contributed by atoms with Crippen molar-refractivity contribution in [3.05, 3.63) is 0 Å². The molecule has 3 fully saturated rings. The van der Waals surface area contributed by atoms with E-state index in [0.29, 0.717) is 0 Å². The van der Waals surface area contributed by atoms with Gasteiger partial charge in [0.1, 0.15) is 11.8 Å². The van der Waals surface area contributed by atoms with Crippen molar-refractivity contribution in [2.75, 3.05) is 0 Å². The van der Waals surface area contributed by atoms with Crippen LogP contribution >= 0.6 is 0 Å². The monoisotopic (exact) mass is 196 g/mol. The Balaban J connectivity index is 2.13. The second-order valence-electron chi connectivity index (χ2n) is 4.92. The molecule has 2 bridgehead atoms. The average Bonchev–Trinajstić information content (AvgIpc) is 2.60. The number of hydrogen-bond acceptors (Lipinski definition) is 4. The molecule has 0 unspecified atom stereocenters. The summed E-state index contributed by atoms with van der Waals surface area (Å²) < 4.78 is 10.5. The van der Waals surface area contributed by atoms with Gasteiger partial charge in [0, 0.05) is 0 Å². The number of fused-ring (bicyclic) bond motifs is 5. The molecule has 0 aromatic rings. The topological polar surface area (TPSA) is 52.6 Å². The van der Waals surface area contributed by atoms with Gasteiger partial charge >= 0.3 is 11.9 Å². The first-order valence-corrected chi connectivity index (χ1v) is 4.92. The van der Waals surface area contributed by atoms with Gasteiger partial charge in [-0.25, -0.2) is 0 Å². The van der Waals surface area contributed by atoms with E-state index in [1.165, 1.54) is 0 Å². The van der Waals surface area contributed by atoms with Gasteiger partial charge in [-0.1, -0.05) is 0 Å². The molecule has 76 valence electrons.